The normalized spacial score (nSPS) is 14.5. The lowest BCUT2D eigenvalue weighted by molar-refractivity contribution is 0.102. The summed E-state index contributed by atoms with van der Waals surface area (Å²) in [5.74, 6) is -0.698. The van der Waals surface area contributed by atoms with Crippen LogP contribution in [-0.2, 0) is 10.0 Å². The molecule has 0 atom stereocenters. The first-order valence-electron chi connectivity index (χ1n) is 9.20. The average molecular weight is 419 g/mol. The van der Waals surface area contributed by atoms with Gasteiger partial charge in [0.1, 0.15) is 17.4 Å². The van der Waals surface area contributed by atoms with Crippen molar-refractivity contribution in [2.75, 3.05) is 19.0 Å². The standard InChI is InChI=1S/C20H22FN3O4S/c1-28-15-9-10-17(18(21)13-15)20(25)23-14-6-5-7-16(12-14)29(26,27)24-19-8-3-2-4-11-22-19/h5-7,9-10,12-13H,2-4,8,11H2,1H3,(H,22,24)(H,23,25). The Morgan fingerprint density at radius 3 is 2.72 bits per heavy atom. The molecule has 2 N–H and O–H groups in total. The Bertz CT molecular complexity index is 1040. The largest absolute Gasteiger partial charge is 0.497 e. The number of sulfonamides is 1. The fourth-order valence-corrected chi connectivity index (χ4v) is 4.05. The molecule has 0 bridgehead atoms. The van der Waals surface area contributed by atoms with Crippen molar-refractivity contribution >= 4 is 27.5 Å². The number of rotatable bonds is 5. The number of benzene rings is 2. The van der Waals surface area contributed by atoms with Gasteiger partial charge >= 0.3 is 0 Å². The van der Waals surface area contributed by atoms with E-state index >= 15 is 0 Å². The minimum Gasteiger partial charge on any atom is -0.497 e. The Morgan fingerprint density at radius 2 is 1.97 bits per heavy atom. The molecule has 7 nitrogen and oxygen atoms in total. The molecule has 1 aliphatic heterocycles. The van der Waals surface area contributed by atoms with Gasteiger partial charge in [-0.15, -0.1) is 0 Å². The number of carbonyl (C=O) groups is 1. The third kappa shape index (κ3) is 5.32. The minimum absolute atomic E-state index is 0.0163. The van der Waals surface area contributed by atoms with Gasteiger partial charge in [0.05, 0.1) is 17.6 Å². The molecule has 0 saturated carbocycles. The number of hydrogen-bond donors (Lipinski definition) is 2. The summed E-state index contributed by atoms with van der Waals surface area (Å²) in [6.45, 7) is 0.599. The molecule has 0 spiro atoms. The zero-order valence-electron chi connectivity index (χ0n) is 15.9. The van der Waals surface area contributed by atoms with E-state index in [4.69, 9.17) is 4.74 Å². The van der Waals surface area contributed by atoms with E-state index in [1.165, 1.54) is 43.5 Å². The van der Waals surface area contributed by atoms with E-state index in [1.807, 2.05) is 0 Å². The van der Waals surface area contributed by atoms with Gasteiger partial charge in [-0.1, -0.05) is 12.5 Å². The van der Waals surface area contributed by atoms with Crippen LogP contribution in [0.25, 0.3) is 0 Å². The number of anilines is 1. The summed E-state index contributed by atoms with van der Waals surface area (Å²) < 4.78 is 46.9. The zero-order chi connectivity index (χ0) is 20.9. The molecule has 2 aromatic rings. The van der Waals surface area contributed by atoms with Crippen molar-refractivity contribution in [1.82, 2.24) is 4.72 Å². The Labute approximate surface area is 169 Å². The number of methoxy groups -OCH3 is 1. The molecule has 9 heteroatoms. The summed E-state index contributed by atoms with van der Waals surface area (Å²) in [6, 6.07) is 9.65. The average Bonchev–Trinajstić information content (AvgIpc) is 2.96. The Hall–Kier alpha value is -2.94. The summed E-state index contributed by atoms with van der Waals surface area (Å²) in [5, 5.41) is 2.52. The van der Waals surface area contributed by atoms with Gasteiger partial charge in [-0.2, -0.15) is 0 Å². The molecular formula is C20H22FN3O4S. The third-order valence-corrected chi connectivity index (χ3v) is 5.83. The van der Waals surface area contributed by atoms with Gasteiger partial charge in [0.15, 0.2) is 0 Å². The predicted molar refractivity (Wildman–Crippen MR) is 108 cm³/mol. The van der Waals surface area contributed by atoms with Crippen molar-refractivity contribution in [2.45, 2.75) is 30.6 Å². The smallest absolute Gasteiger partial charge is 0.262 e. The van der Waals surface area contributed by atoms with E-state index in [0.29, 0.717) is 24.6 Å². The van der Waals surface area contributed by atoms with E-state index < -0.39 is 21.7 Å². The molecular weight excluding hydrogens is 397 g/mol. The first kappa shape index (κ1) is 20.8. The number of halogens is 1. The molecule has 0 saturated heterocycles. The minimum atomic E-state index is -3.84. The van der Waals surface area contributed by atoms with Crippen molar-refractivity contribution in [3.05, 3.63) is 53.8 Å². The number of hydrogen-bond acceptors (Lipinski definition) is 5. The summed E-state index contributed by atoms with van der Waals surface area (Å²) in [6.07, 6.45) is 3.41. The van der Waals surface area contributed by atoms with Crippen LogP contribution < -0.4 is 14.8 Å². The van der Waals surface area contributed by atoms with E-state index in [9.17, 15) is 17.6 Å². The lowest BCUT2D eigenvalue weighted by Gasteiger charge is -2.12. The number of aliphatic imine (C=N–C) groups is 1. The molecule has 0 aromatic heterocycles. The monoisotopic (exact) mass is 419 g/mol. The van der Waals surface area contributed by atoms with Crippen LogP contribution in [0.1, 0.15) is 36.0 Å². The Balaban J connectivity index is 1.76. The van der Waals surface area contributed by atoms with Crippen LogP contribution in [0.15, 0.2) is 52.4 Å². The number of amidine groups is 1. The van der Waals surface area contributed by atoms with Gasteiger partial charge in [0, 0.05) is 24.7 Å². The summed E-state index contributed by atoms with van der Waals surface area (Å²) >= 11 is 0. The molecule has 154 valence electrons. The molecule has 1 heterocycles. The summed E-state index contributed by atoms with van der Waals surface area (Å²) in [7, 11) is -2.44. The molecule has 1 aliphatic rings. The number of ether oxygens (including phenoxy) is 1. The van der Waals surface area contributed by atoms with Crippen molar-refractivity contribution < 1.29 is 22.3 Å². The van der Waals surface area contributed by atoms with Gasteiger partial charge in [0.2, 0.25) is 0 Å². The van der Waals surface area contributed by atoms with Crippen LogP contribution in [-0.4, -0.2) is 33.8 Å². The second kappa shape index (κ2) is 9.04. The number of nitrogens with zero attached hydrogens (tertiary/aromatic N) is 1. The van der Waals surface area contributed by atoms with Gasteiger partial charge in [-0.05, 0) is 43.2 Å². The number of carbonyl (C=O) groups excluding carboxylic acids is 1. The van der Waals surface area contributed by atoms with E-state index in [1.54, 1.807) is 0 Å². The zero-order valence-corrected chi connectivity index (χ0v) is 16.8. The molecule has 3 rings (SSSR count). The molecule has 1 amide bonds. The highest BCUT2D eigenvalue weighted by atomic mass is 32.2. The van der Waals surface area contributed by atoms with Crippen LogP contribution in [0.5, 0.6) is 5.75 Å². The Morgan fingerprint density at radius 1 is 1.14 bits per heavy atom. The highest BCUT2D eigenvalue weighted by molar-refractivity contribution is 7.90. The Kier molecular flexibility index (Phi) is 6.48. The highest BCUT2D eigenvalue weighted by Gasteiger charge is 2.19. The van der Waals surface area contributed by atoms with Gasteiger partial charge in [-0.25, -0.2) is 12.8 Å². The predicted octanol–water partition coefficient (Wildman–Crippen LogP) is 3.34. The number of amides is 1. The second-order valence-electron chi connectivity index (χ2n) is 6.57. The topological polar surface area (TPSA) is 96.9 Å². The van der Waals surface area contributed by atoms with Crippen molar-refractivity contribution in [3.63, 3.8) is 0 Å². The molecule has 0 unspecified atom stereocenters. The summed E-state index contributed by atoms with van der Waals surface area (Å²) in [5.41, 5.74) is 0.0564. The second-order valence-corrected chi connectivity index (χ2v) is 8.25. The lowest BCUT2D eigenvalue weighted by atomic mass is 10.2. The van der Waals surface area contributed by atoms with Crippen LogP contribution in [0, 0.1) is 5.82 Å². The molecule has 0 radical (unpaired) electrons. The van der Waals surface area contributed by atoms with Crippen LogP contribution in [0.2, 0.25) is 0 Å². The summed E-state index contributed by atoms with van der Waals surface area (Å²) in [4.78, 5) is 16.6. The van der Waals surface area contributed by atoms with Crippen molar-refractivity contribution in [3.8, 4) is 5.75 Å². The van der Waals surface area contributed by atoms with E-state index in [2.05, 4.69) is 15.0 Å². The first-order valence-corrected chi connectivity index (χ1v) is 10.7. The third-order valence-electron chi connectivity index (χ3n) is 4.45. The maximum absolute atomic E-state index is 14.1. The molecule has 0 fully saturated rings. The van der Waals surface area contributed by atoms with E-state index in [0.717, 1.165) is 25.3 Å². The van der Waals surface area contributed by atoms with Gasteiger partial charge in [-0.3, -0.25) is 14.5 Å². The fourth-order valence-electron chi connectivity index (χ4n) is 2.92. The molecule has 29 heavy (non-hydrogen) atoms. The van der Waals surface area contributed by atoms with Crippen LogP contribution in [0.3, 0.4) is 0 Å². The van der Waals surface area contributed by atoms with Crippen molar-refractivity contribution in [2.24, 2.45) is 4.99 Å². The SMILES string of the molecule is COc1ccc(C(=O)Nc2cccc(S(=O)(=O)NC3=NCCCCC3)c2)c(F)c1. The number of nitrogens with one attached hydrogen (secondary N) is 2. The molecule has 2 aromatic carbocycles. The maximum Gasteiger partial charge on any atom is 0.262 e. The highest BCUT2D eigenvalue weighted by Crippen LogP contribution is 2.20. The van der Waals surface area contributed by atoms with Gasteiger partial charge in [0.25, 0.3) is 15.9 Å². The van der Waals surface area contributed by atoms with Crippen LogP contribution >= 0.6 is 0 Å². The lowest BCUT2D eigenvalue weighted by Crippen LogP contribution is -2.30. The molecule has 0 aliphatic carbocycles. The van der Waals surface area contributed by atoms with E-state index in [-0.39, 0.29) is 16.1 Å². The van der Waals surface area contributed by atoms with Gasteiger partial charge < -0.3 is 10.1 Å². The van der Waals surface area contributed by atoms with Crippen molar-refractivity contribution in [1.29, 1.82) is 0 Å². The fraction of sp³-hybridized carbons (Fsp3) is 0.300. The quantitative estimate of drug-likeness (QED) is 0.777. The van der Waals surface area contributed by atoms with Crippen LogP contribution in [0.4, 0.5) is 10.1 Å². The first-order chi connectivity index (χ1) is 13.9. The maximum atomic E-state index is 14.1.